The quantitative estimate of drug-likeness (QED) is 0.279. The number of pyridine rings is 1. The van der Waals surface area contributed by atoms with E-state index in [1.807, 2.05) is 31.2 Å². The van der Waals surface area contributed by atoms with Crippen molar-refractivity contribution in [2.24, 2.45) is 0 Å². The highest BCUT2D eigenvalue weighted by Crippen LogP contribution is 2.41. The summed E-state index contributed by atoms with van der Waals surface area (Å²) < 4.78 is 51.4. The molecule has 2 aromatic carbocycles. The number of alkyl halides is 3. The van der Waals surface area contributed by atoms with Crippen molar-refractivity contribution in [2.45, 2.75) is 27.1 Å². The summed E-state index contributed by atoms with van der Waals surface area (Å²) in [6.45, 7) is 5.47. The summed E-state index contributed by atoms with van der Waals surface area (Å²) >= 11 is 0. The summed E-state index contributed by atoms with van der Waals surface area (Å²) in [7, 11) is 0. The lowest BCUT2D eigenvalue weighted by Gasteiger charge is -2.14. The van der Waals surface area contributed by atoms with Gasteiger partial charge in [-0.1, -0.05) is 23.4 Å². The minimum atomic E-state index is -5.03. The molecule has 0 radical (unpaired) electrons. The largest absolute Gasteiger partial charge is 0.573 e. The molecule has 0 fully saturated rings. The van der Waals surface area contributed by atoms with Gasteiger partial charge in [0.05, 0.1) is 11.3 Å². The van der Waals surface area contributed by atoms with Gasteiger partial charge >= 0.3 is 12.3 Å². The topological polar surface area (TPSA) is 90.4 Å². The standard InChI is InChI=1S/C27H20F3N3O4/c1-14-6-4-5-7-22(14)33-13-21(19-9-8-17(26(34)35)11-23(19)36-27(28,29)30)20-10-18(12-31-25(20)33)24-15(2)32-37-16(24)3/h4-13H,1-3H3,(H,34,35). The molecule has 0 aliphatic heterocycles. The van der Waals surface area contributed by atoms with E-state index in [0.29, 0.717) is 33.6 Å². The molecule has 188 valence electrons. The van der Waals surface area contributed by atoms with Crippen LogP contribution in [0.2, 0.25) is 0 Å². The first-order chi connectivity index (χ1) is 17.5. The van der Waals surface area contributed by atoms with E-state index >= 15 is 0 Å². The molecule has 3 aromatic heterocycles. The molecule has 1 N–H and O–H groups in total. The molecule has 7 nitrogen and oxygen atoms in total. The van der Waals surface area contributed by atoms with Crippen molar-refractivity contribution in [1.29, 1.82) is 0 Å². The molecule has 0 amide bonds. The second kappa shape index (κ2) is 8.81. The average Bonchev–Trinajstić information content (AvgIpc) is 3.37. The number of para-hydroxylation sites is 1. The van der Waals surface area contributed by atoms with E-state index in [0.717, 1.165) is 22.9 Å². The fourth-order valence-corrected chi connectivity index (χ4v) is 4.46. The van der Waals surface area contributed by atoms with Gasteiger partial charge in [0, 0.05) is 45.7 Å². The highest BCUT2D eigenvalue weighted by atomic mass is 19.4. The van der Waals surface area contributed by atoms with Crippen LogP contribution in [-0.2, 0) is 0 Å². The first-order valence-electron chi connectivity index (χ1n) is 11.2. The zero-order chi connectivity index (χ0) is 26.5. The van der Waals surface area contributed by atoms with Crippen LogP contribution in [0.3, 0.4) is 0 Å². The Morgan fingerprint density at radius 2 is 1.81 bits per heavy atom. The minimum absolute atomic E-state index is 0.0670. The third-order valence-corrected chi connectivity index (χ3v) is 6.08. The van der Waals surface area contributed by atoms with Crippen LogP contribution in [0.4, 0.5) is 13.2 Å². The van der Waals surface area contributed by atoms with Crippen molar-refractivity contribution in [3.05, 3.63) is 83.5 Å². The number of carboxylic acids is 1. The van der Waals surface area contributed by atoms with E-state index in [1.165, 1.54) is 12.1 Å². The molecular weight excluding hydrogens is 487 g/mol. The number of ether oxygens (including phenoxy) is 1. The molecular formula is C27H20F3N3O4. The average molecular weight is 507 g/mol. The van der Waals surface area contributed by atoms with Crippen molar-refractivity contribution >= 4 is 17.0 Å². The van der Waals surface area contributed by atoms with Crippen LogP contribution in [0.1, 0.15) is 27.4 Å². The van der Waals surface area contributed by atoms with Crippen LogP contribution >= 0.6 is 0 Å². The number of halogens is 3. The van der Waals surface area contributed by atoms with E-state index in [9.17, 15) is 23.1 Å². The van der Waals surface area contributed by atoms with Gasteiger partial charge < -0.3 is 18.9 Å². The molecule has 3 heterocycles. The lowest BCUT2D eigenvalue weighted by atomic mass is 10.00. The number of carboxylic acid groups (broad SMARTS) is 1. The van der Waals surface area contributed by atoms with E-state index in [4.69, 9.17) is 4.52 Å². The monoisotopic (exact) mass is 507 g/mol. The van der Waals surface area contributed by atoms with Crippen molar-refractivity contribution in [3.63, 3.8) is 0 Å². The minimum Gasteiger partial charge on any atom is -0.478 e. The number of aryl methyl sites for hydroxylation is 3. The third-order valence-electron chi connectivity index (χ3n) is 6.08. The predicted octanol–water partition coefficient (Wildman–Crippen LogP) is 6.87. The Kier molecular flexibility index (Phi) is 5.74. The number of aromatic carboxylic acids is 1. The fraction of sp³-hybridized carbons (Fsp3) is 0.148. The fourth-order valence-electron chi connectivity index (χ4n) is 4.46. The Morgan fingerprint density at radius 1 is 1.05 bits per heavy atom. The van der Waals surface area contributed by atoms with Crippen LogP contribution < -0.4 is 4.74 Å². The SMILES string of the molecule is Cc1ccccc1-n1cc(-c2ccc(C(=O)O)cc2OC(F)(F)F)c2cc(-c3c(C)noc3C)cnc21. The molecule has 10 heteroatoms. The summed E-state index contributed by atoms with van der Waals surface area (Å²) in [5.74, 6) is -1.42. The summed E-state index contributed by atoms with van der Waals surface area (Å²) in [4.78, 5) is 16.1. The molecule has 0 aliphatic carbocycles. The van der Waals surface area contributed by atoms with Gasteiger partial charge in [-0.2, -0.15) is 0 Å². The van der Waals surface area contributed by atoms with Gasteiger partial charge in [-0.15, -0.1) is 13.2 Å². The van der Waals surface area contributed by atoms with E-state index in [1.54, 1.807) is 36.9 Å². The molecule has 0 spiro atoms. The number of hydrogen-bond donors (Lipinski definition) is 1. The summed E-state index contributed by atoms with van der Waals surface area (Å²) in [5, 5.41) is 13.9. The second-order valence-electron chi connectivity index (χ2n) is 8.56. The Labute approximate surface area is 208 Å². The van der Waals surface area contributed by atoms with Crippen molar-refractivity contribution in [1.82, 2.24) is 14.7 Å². The van der Waals surface area contributed by atoms with Gasteiger partial charge in [-0.05, 0) is 56.7 Å². The lowest BCUT2D eigenvalue weighted by molar-refractivity contribution is -0.274. The van der Waals surface area contributed by atoms with Gasteiger partial charge in [-0.3, -0.25) is 0 Å². The van der Waals surface area contributed by atoms with Gasteiger partial charge in [0.25, 0.3) is 0 Å². The first-order valence-corrected chi connectivity index (χ1v) is 11.2. The summed E-state index contributed by atoms with van der Waals surface area (Å²) in [6, 6.07) is 12.8. The first kappa shape index (κ1) is 24.1. The van der Waals surface area contributed by atoms with Crippen LogP contribution in [0.15, 0.2) is 65.4 Å². The molecule has 0 saturated carbocycles. The Morgan fingerprint density at radius 3 is 2.46 bits per heavy atom. The Hall–Kier alpha value is -4.60. The Balaban J connectivity index is 1.83. The number of fused-ring (bicyclic) bond motifs is 1. The molecule has 0 aliphatic rings. The maximum Gasteiger partial charge on any atom is 0.573 e. The van der Waals surface area contributed by atoms with Crippen molar-refractivity contribution < 1.29 is 32.3 Å². The smallest absolute Gasteiger partial charge is 0.478 e. The maximum absolute atomic E-state index is 13.3. The zero-order valence-corrected chi connectivity index (χ0v) is 19.9. The second-order valence-corrected chi connectivity index (χ2v) is 8.56. The van der Waals surface area contributed by atoms with E-state index < -0.39 is 18.1 Å². The van der Waals surface area contributed by atoms with E-state index in [2.05, 4.69) is 14.9 Å². The lowest BCUT2D eigenvalue weighted by Crippen LogP contribution is -2.18. The zero-order valence-electron chi connectivity index (χ0n) is 19.9. The number of carbonyl (C=O) groups is 1. The highest BCUT2D eigenvalue weighted by molar-refractivity contribution is 6.00. The Bertz CT molecular complexity index is 1650. The maximum atomic E-state index is 13.3. The molecule has 0 atom stereocenters. The summed E-state index contributed by atoms with van der Waals surface area (Å²) in [5.41, 5.74) is 4.39. The third kappa shape index (κ3) is 4.42. The number of hydrogen-bond acceptors (Lipinski definition) is 5. The van der Waals surface area contributed by atoms with Crippen LogP contribution in [0.25, 0.3) is 39.0 Å². The number of rotatable bonds is 5. The molecule has 5 aromatic rings. The number of nitrogens with zero attached hydrogens (tertiary/aromatic N) is 3. The van der Waals surface area contributed by atoms with Gasteiger partial charge in [0.15, 0.2) is 0 Å². The van der Waals surface area contributed by atoms with Crippen LogP contribution in [-0.4, -0.2) is 32.1 Å². The predicted molar refractivity (Wildman–Crippen MR) is 130 cm³/mol. The molecule has 5 rings (SSSR count). The number of benzene rings is 2. The van der Waals surface area contributed by atoms with Gasteiger partial charge in [-0.25, -0.2) is 9.78 Å². The van der Waals surface area contributed by atoms with Crippen LogP contribution in [0, 0.1) is 20.8 Å². The highest BCUT2D eigenvalue weighted by Gasteiger charge is 2.33. The normalized spacial score (nSPS) is 11.7. The molecule has 0 bridgehead atoms. The van der Waals surface area contributed by atoms with Crippen molar-refractivity contribution in [3.8, 4) is 33.7 Å². The molecule has 0 saturated heterocycles. The molecule has 37 heavy (non-hydrogen) atoms. The van der Waals surface area contributed by atoms with Crippen LogP contribution in [0.5, 0.6) is 5.75 Å². The van der Waals surface area contributed by atoms with Gasteiger partial charge in [0.2, 0.25) is 0 Å². The van der Waals surface area contributed by atoms with Gasteiger partial charge in [0.1, 0.15) is 17.2 Å². The van der Waals surface area contributed by atoms with E-state index in [-0.39, 0.29) is 11.1 Å². The molecule has 0 unspecified atom stereocenters. The summed E-state index contributed by atoms with van der Waals surface area (Å²) in [6.07, 6.45) is -1.69. The number of aromatic nitrogens is 3. The van der Waals surface area contributed by atoms with Crippen molar-refractivity contribution in [2.75, 3.05) is 0 Å².